The second kappa shape index (κ2) is 9.17. The third kappa shape index (κ3) is 3.71. The van der Waals surface area contributed by atoms with Gasteiger partial charge in [0.2, 0.25) is 0 Å². The van der Waals surface area contributed by atoms with Gasteiger partial charge in [-0.3, -0.25) is 0 Å². The van der Waals surface area contributed by atoms with E-state index in [1.807, 2.05) is 60.7 Å². The van der Waals surface area contributed by atoms with Gasteiger partial charge in [0.05, 0.1) is 11.3 Å². The summed E-state index contributed by atoms with van der Waals surface area (Å²) in [4.78, 5) is 16.4. The fraction of sp³-hybridized carbons (Fsp3) is 0.114. The molecule has 0 atom stereocenters. The number of nitrogens with zero attached hydrogens (tertiary/aromatic N) is 1. The van der Waals surface area contributed by atoms with Crippen LogP contribution in [0.5, 0.6) is 11.5 Å². The van der Waals surface area contributed by atoms with Gasteiger partial charge >= 0.3 is 5.97 Å². The smallest absolute Gasteiger partial charge is 0.342 e. The second-order valence-electron chi connectivity index (χ2n) is 10.1. The molecule has 0 unspecified atom stereocenters. The molecule has 0 saturated carbocycles. The number of rotatable bonds is 5. The Morgan fingerprint density at radius 2 is 1.13 bits per heavy atom. The summed E-state index contributed by atoms with van der Waals surface area (Å²) in [5.74, 6) is 1.08. The van der Waals surface area contributed by atoms with E-state index in [0.717, 1.165) is 27.9 Å². The molecule has 2 aliphatic rings. The van der Waals surface area contributed by atoms with Crippen molar-refractivity contribution in [2.75, 3.05) is 4.90 Å². The van der Waals surface area contributed by atoms with E-state index in [1.54, 1.807) is 0 Å². The minimum Gasteiger partial charge on any atom is -0.456 e. The highest BCUT2D eigenvalue weighted by molar-refractivity contribution is 6.03. The first-order valence-corrected chi connectivity index (χ1v) is 13.2. The van der Waals surface area contributed by atoms with Gasteiger partial charge in [0.15, 0.2) is 5.60 Å². The molecule has 1 spiro atoms. The van der Waals surface area contributed by atoms with E-state index in [4.69, 9.17) is 9.47 Å². The minimum absolute atomic E-state index is 0.318. The number of carbonyl (C=O) groups is 1. The zero-order valence-electron chi connectivity index (χ0n) is 21.6. The Morgan fingerprint density at radius 3 is 1.69 bits per heavy atom. The Morgan fingerprint density at radius 1 is 0.615 bits per heavy atom. The number of esters is 1. The Labute approximate surface area is 228 Å². The molecule has 4 nitrogen and oxygen atoms in total. The van der Waals surface area contributed by atoms with Crippen LogP contribution in [0.3, 0.4) is 0 Å². The molecule has 2 heterocycles. The maximum Gasteiger partial charge on any atom is 0.342 e. The van der Waals surface area contributed by atoms with Crippen molar-refractivity contribution < 1.29 is 14.3 Å². The maximum atomic E-state index is 14.1. The van der Waals surface area contributed by atoms with Gasteiger partial charge in [-0.2, -0.15) is 0 Å². The van der Waals surface area contributed by atoms with Crippen LogP contribution in [0.2, 0.25) is 0 Å². The normalized spacial score (nSPS) is 14.1. The van der Waals surface area contributed by atoms with Crippen LogP contribution in [0, 0.1) is 6.92 Å². The van der Waals surface area contributed by atoms with Crippen molar-refractivity contribution in [2.24, 2.45) is 0 Å². The molecule has 39 heavy (non-hydrogen) atoms. The summed E-state index contributed by atoms with van der Waals surface area (Å²) in [5, 5.41) is 0. The van der Waals surface area contributed by atoms with E-state index in [9.17, 15) is 4.79 Å². The first-order chi connectivity index (χ1) is 19.1. The number of hydrogen-bond donors (Lipinski definition) is 0. The molecule has 5 aromatic rings. The zero-order valence-corrected chi connectivity index (χ0v) is 21.6. The SMILES string of the molecule is Cc1ccc2c(c1N(Cc1ccccc1)Cc1ccccc1)C(=O)OC21c2ccccc2Oc2ccccc21. The Hall–Kier alpha value is -4.83. The van der Waals surface area contributed by atoms with Crippen LogP contribution in [0.4, 0.5) is 5.69 Å². The van der Waals surface area contributed by atoms with Gasteiger partial charge < -0.3 is 14.4 Å². The van der Waals surface area contributed by atoms with E-state index in [-0.39, 0.29) is 5.97 Å². The van der Waals surface area contributed by atoms with Gasteiger partial charge in [-0.25, -0.2) is 4.79 Å². The first kappa shape index (κ1) is 23.3. The van der Waals surface area contributed by atoms with Crippen LogP contribution in [0.1, 0.15) is 43.7 Å². The van der Waals surface area contributed by atoms with Crippen LogP contribution in [0.15, 0.2) is 121 Å². The zero-order chi connectivity index (χ0) is 26.4. The van der Waals surface area contributed by atoms with Crippen LogP contribution < -0.4 is 9.64 Å². The van der Waals surface area contributed by atoms with E-state index in [0.29, 0.717) is 30.2 Å². The van der Waals surface area contributed by atoms with E-state index in [2.05, 4.69) is 72.5 Å². The highest BCUT2D eigenvalue weighted by atomic mass is 16.6. The van der Waals surface area contributed by atoms with Crippen LogP contribution in [0.25, 0.3) is 0 Å². The summed E-state index contributed by atoms with van der Waals surface area (Å²) >= 11 is 0. The van der Waals surface area contributed by atoms with Gasteiger partial charge in [-0.1, -0.05) is 109 Å². The largest absolute Gasteiger partial charge is 0.456 e. The number of fused-ring (bicyclic) bond motifs is 6. The summed E-state index contributed by atoms with van der Waals surface area (Å²) in [6.07, 6.45) is 0. The Balaban J connectivity index is 1.46. The third-order valence-corrected chi connectivity index (χ3v) is 7.71. The van der Waals surface area contributed by atoms with Crippen molar-refractivity contribution in [3.8, 4) is 11.5 Å². The van der Waals surface area contributed by atoms with Gasteiger partial charge in [0.1, 0.15) is 11.5 Å². The maximum absolute atomic E-state index is 14.1. The predicted molar refractivity (Wildman–Crippen MR) is 152 cm³/mol. The van der Waals surface area contributed by atoms with Crippen molar-refractivity contribution in [1.82, 2.24) is 0 Å². The summed E-state index contributed by atoms with van der Waals surface area (Å²) in [6, 6.07) is 40.6. The lowest BCUT2D eigenvalue weighted by molar-refractivity contribution is 0.0224. The lowest BCUT2D eigenvalue weighted by Crippen LogP contribution is -2.33. The molecule has 0 N–H and O–H groups in total. The molecule has 2 aliphatic heterocycles. The summed E-state index contributed by atoms with van der Waals surface area (Å²) < 4.78 is 12.8. The Kier molecular flexibility index (Phi) is 5.48. The monoisotopic (exact) mass is 509 g/mol. The van der Waals surface area contributed by atoms with Gasteiger partial charge in [0.25, 0.3) is 0 Å². The second-order valence-corrected chi connectivity index (χ2v) is 10.1. The van der Waals surface area contributed by atoms with E-state index < -0.39 is 5.60 Å². The van der Waals surface area contributed by atoms with E-state index >= 15 is 0 Å². The quantitative estimate of drug-likeness (QED) is 0.227. The molecule has 0 fully saturated rings. The summed E-state index contributed by atoms with van der Waals surface area (Å²) in [7, 11) is 0. The number of carbonyl (C=O) groups excluding carboxylic acids is 1. The fourth-order valence-corrected chi connectivity index (χ4v) is 6.03. The molecular weight excluding hydrogens is 482 g/mol. The average molecular weight is 510 g/mol. The van der Waals surface area contributed by atoms with Crippen molar-refractivity contribution in [3.63, 3.8) is 0 Å². The standard InChI is InChI=1S/C35H27NO3/c1-24-20-21-29-32(33(24)36(22-25-12-4-2-5-13-25)23-26-14-6-3-7-15-26)34(37)39-35(29)27-16-8-10-18-30(27)38-31-19-11-9-17-28(31)35/h2-21H,22-23H2,1H3. The molecule has 0 amide bonds. The lowest BCUT2D eigenvalue weighted by atomic mass is 9.77. The first-order valence-electron chi connectivity index (χ1n) is 13.2. The van der Waals surface area contributed by atoms with Crippen molar-refractivity contribution in [1.29, 1.82) is 0 Å². The van der Waals surface area contributed by atoms with Gasteiger partial charge in [-0.05, 0) is 35.7 Å². The Bertz CT molecular complexity index is 1610. The van der Waals surface area contributed by atoms with Crippen molar-refractivity contribution >= 4 is 11.7 Å². The molecule has 0 aliphatic carbocycles. The number of ether oxygens (including phenoxy) is 2. The molecule has 7 rings (SSSR count). The molecule has 0 bridgehead atoms. The average Bonchev–Trinajstić information content (AvgIpc) is 3.26. The molecule has 190 valence electrons. The summed E-state index contributed by atoms with van der Waals surface area (Å²) in [6.45, 7) is 3.38. The highest BCUT2D eigenvalue weighted by Gasteiger charge is 2.54. The number of hydrogen-bond acceptors (Lipinski definition) is 4. The number of para-hydroxylation sites is 2. The highest BCUT2D eigenvalue weighted by Crippen LogP contribution is 2.57. The number of anilines is 1. The van der Waals surface area contributed by atoms with E-state index in [1.165, 1.54) is 11.1 Å². The van der Waals surface area contributed by atoms with Crippen LogP contribution in [-0.2, 0) is 23.4 Å². The van der Waals surface area contributed by atoms with Gasteiger partial charge in [0, 0.05) is 29.8 Å². The van der Waals surface area contributed by atoms with Crippen LogP contribution in [-0.4, -0.2) is 5.97 Å². The molecule has 5 aromatic carbocycles. The van der Waals surface area contributed by atoms with Gasteiger partial charge in [-0.15, -0.1) is 0 Å². The molecule has 0 aromatic heterocycles. The third-order valence-electron chi connectivity index (χ3n) is 7.71. The molecular formula is C35H27NO3. The lowest BCUT2D eigenvalue weighted by Gasteiger charge is -2.36. The topological polar surface area (TPSA) is 38.8 Å². The molecule has 0 radical (unpaired) electrons. The number of benzene rings is 5. The van der Waals surface area contributed by atoms with Crippen molar-refractivity contribution in [3.05, 3.63) is 160 Å². The molecule has 0 saturated heterocycles. The fourth-order valence-electron chi connectivity index (χ4n) is 6.03. The predicted octanol–water partition coefficient (Wildman–Crippen LogP) is 7.77. The number of aryl methyl sites for hydroxylation is 1. The van der Waals surface area contributed by atoms with Crippen LogP contribution >= 0.6 is 0 Å². The summed E-state index contributed by atoms with van der Waals surface area (Å²) in [5.41, 5.74) is 6.35. The molecule has 4 heteroatoms. The van der Waals surface area contributed by atoms with Crippen molar-refractivity contribution in [2.45, 2.75) is 25.6 Å². The minimum atomic E-state index is -1.08.